The molecule has 8 nitrogen and oxygen atoms in total. The highest BCUT2D eigenvalue weighted by molar-refractivity contribution is 7.92. The molecule has 2 aromatic carbocycles. The van der Waals surface area contributed by atoms with Gasteiger partial charge in [-0.3, -0.25) is 0 Å². The topological polar surface area (TPSA) is 90.4 Å². The van der Waals surface area contributed by atoms with Gasteiger partial charge in [0.25, 0.3) is 0 Å². The van der Waals surface area contributed by atoms with E-state index in [1.54, 1.807) is 44.4 Å². The minimum atomic E-state index is -3.60. The number of ether oxygens (including phenoxy) is 1. The number of piperazine rings is 1. The lowest BCUT2D eigenvalue weighted by Gasteiger charge is -2.41. The van der Waals surface area contributed by atoms with Gasteiger partial charge in [0.2, 0.25) is 10.0 Å². The fraction of sp³-hybridized carbons (Fsp3) is 0.409. The van der Waals surface area contributed by atoms with Crippen molar-refractivity contribution >= 4 is 21.7 Å². The highest BCUT2D eigenvalue weighted by Crippen LogP contribution is 2.32. The third kappa shape index (κ3) is 5.36. The number of rotatable bonds is 8. The van der Waals surface area contributed by atoms with Crippen molar-refractivity contribution in [2.24, 2.45) is 0 Å². The number of hydrazine groups is 1. The number of carboxylic acids is 1. The van der Waals surface area contributed by atoms with Crippen LogP contribution in [0.4, 0.5) is 5.69 Å². The molecule has 1 aliphatic heterocycles. The molecule has 0 unspecified atom stereocenters. The number of anilines is 1. The average Bonchev–Trinajstić information content (AvgIpc) is 2.76. The molecule has 0 saturated carbocycles. The Labute approximate surface area is 183 Å². The van der Waals surface area contributed by atoms with E-state index in [4.69, 9.17) is 4.74 Å². The second-order valence-electron chi connectivity index (χ2n) is 7.58. The van der Waals surface area contributed by atoms with Gasteiger partial charge >= 0.3 is 5.97 Å². The summed E-state index contributed by atoms with van der Waals surface area (Å²) in [5.74, 6) is -0.474. The molecule has 1 aliphatic rings. The summed E-state index contributed by atoms with van der Waals surface area (Å²) in [6.45, 7) is 4.32. The smallest absolute Gasteiger partial charge is 0.335 e. The fourth-order valence-electron chi connectivity index (χ4n) is 3.61. The Kier molecular flexibility index (Phi) is 7.19. The second kappa shape index (κ2) is 9.67. The number of carboxylic acid groups (broad SMARTS) is 1. The summed E-state index contributed by atoms with van der Waals surface area (Å²) in [7, 11) is -0.0392. The number of benzene rings is 2. The summed E-state index contributed by atoms with van der Waals surface area (Å²) in [4.78, 5) is 13.5. The first kappa shape index (κ1) is 23.1. The maximum Gasteiger partial charge on any atom is 0.335 e. The van der Waals surface area contributed by atoms with Crippen LogP contribution in [0.5, 0.6) is 5.75 Å². The predicted octanol–water partition coefficient (Wildman–Crippen LogP) is 2.30. The van der Waals surface area contributed by atoms with Crippen molar-refractivity contribution in [1.29, 1.82) is 0 Å². The summed E-state index contributed by atoms with van der Waals surface area (Å²) in [5.41, 5.74) is 2.30. The Morgan fingerprint density at radius 2 is 1.84 bits per heavy atom. The lowest BCUT2D eigenvalue weighted by atomic mass is 10.0. The van der Waals surface area contributed by atoms with Crippen molar-refractivity contribution in [2.75, 3.05) is 50.5 Å². The minimum absolute atomic E-state index is 0.0372. The van der Waals surface area contributed by atoms with Gasteiger partial charge in [0.05, 0.1) is 24.1 Å². The maximum atomic E-state index is 13.2. The second-order valence-corrected chi connectivity index (χ2v) is 9.66. The number of nitrogens with zero attached hydrogens (tertiary/aromatic N) is 3. The van der Waals surface area contributed by atoms with Crippen molar-refractivity contribution in [3.63, 3.8) is 0 Å². The van der Waals surface area contributed by atoms with Crippen molar-refractivity contribution in [2.45, 2.75) is 13.3 Å². The van der Waals surface area contributed by atoms with Crippen molar-refractivity contribution in [1.82, 2.24) is 9.91 Å². The third-order valence-corrected chi connectivity index (χ3v) is 7.12. The van der Waals surface area contributed by atoms with Crippen LogP contribution in [0.15, 0.2) is 42.5 Å². The van der Waals surface area contributed by atoms with Crippen LogP contribution >= 0.6 is 0 Å². The summed E-state index contributed by atoms with van der Waals surface area (Å²) in [6.07, 6.45) is 0.393. The standard InChI is InChI=1S/C22H29N3O5S/c1-4-31(28,29)25(24-12-10-23(2)11-13-24)21-16-20(30-3)9-8-18(21)14-17-6-5-7-19(15-17)22(26)27/h5-9,15-16H,4,10-14H2,1-3H3,(H,26,27). The van der Waals surface area contributed by atoms with Gasteiger partial charge < -0.3 is 14.7 Å². The quantitative estimate of drug-likeness (QED) is 0.664. The molecular weight excluding hydrogens is 418 g/mol. The molecular formula is C22H29N3O5S. The number of sulfonamides is 1. The molecule has 1 N–H and O–H groups in total. The highest BCUT2D eigenvalue weighted by Gasteiger charge is 2.31. The molecule has 0 spiro atoms. The first-order chi connectivity index (χ1) is 14.7. The molecule has 3 rings (SSSR count). The molecule has 0 radical (unpaired) electrons. The van der Waals surface area contributed by atoms with E-state index in [0.717, 1.165) is 24.2 Å². The molecule has 1 saturated heterocycles. The molecule has 1 fully saturated rings. The van der Waals surface area contributed by atoms with E-state index in [1.807, 2.05) is 24.2 Å². The summed E-state index contributed by atoms with van der Waals surface area (Å²) >= 11 is 0. The Balaban J connectivity index is 2.07. The highest BCUT2D eigenvalue weighted by atomic mass is 32.2. The zero-order chi connectivity index (χ0) is 22.6. The number of aromatic carboxylic acids is 1. The van der Waals surface area contributed by atoms with E-state index in [-0.39, 0.29) is 11.3 Å². The number of hydrogen-bond acceptors (Lipinski definition) is 6. The van der Waals surface area contributed by atoms with Gasteiger partial charge in [-0.05, 0) is 49.7 Å². The van der Waals surface area contributed by atoms with E-state index < -0.39 is 16.0 Å². The van der Waals surface area contributed by atoms with Crippen molar-refractivity contribution in [3.05, 3.63) is 59.2 Å². The summed E-state index contributed by atoms with van der Waals surface area (Å²) < 4.78 is 33.2. The first-order valence-electron chi connectivity index (χ1n) is 10.2. The van der Waals surface area contributed by atoms with Crippen molar-refractivity contribution in [3.8, 4) is 5.75 Å². The molecule has 9 heteroatoms. The summed E-state index contributed by atoms with van der Waals surface area (Å²) in [5, 5.41) is 11.2. The van der Waals surface area contributed by atoms with Gasteiger partial charge in [-0.1, -0.05) is 18.2 Å². The molecule has 168 valence electrons. The van der Waals surface area contributed by atoms with E-state index in [1.165, 1.54) is 4.41 Å². The van der Waals surface area contributed by atoms with Crippen LogP contribution in [-0.4, -0.2) is 75.5 Å². The molecule has 31 heavy (non-hydrogen) atoms. The van der Waals surface area contributed by atoms with Crippen molar-refractivity contribution < 1.29 is 23.1 Å². The Morgan fingerprint density at radius 1 is 1.13 bits per heavy atom. The van der Waals surface area contributed by atoms with E-state index in [0.29, 0.717) is 30.9 Å². The number of likely N-dealkylation sites (N-methyl/N-ethyl adjacent to an activating group) is 1. The average molecular weight is 448 g/mol. The summed E-state index contributed by atoms with van der Waals surface area (Å²) in [6, 6.07) is 12.1. The van der Waals surface area contributed by atoms with Gasteiger partial charge in [-0.2, -0.15) is 4.41 Å². The molecule has 0 aromatic heterocycles. The van der Waals surface area contributed by atoms with Gasteiger partial charge in [0, 0.05) is 32.2 Å². The van der Waals surface area contributed by atoms with Gasteiger partial charge in [0.1, 0.15) is 5.75 Å². The molecule has 0 bridgehead atoms. The predicted molar refractivity (Wildman–Crippen MR) is 120 cm³/mol. The minimum Gasteiger partial charge on any atom is -0.497 e. The normalized spacial score (nSPS) is 15.6. The SMILES string of the molecule is CCS(=O)(=O)N(c1cc(OC)ccc1Cc1cccc(C(=O)O)c1)N1CCN(C)CC1. The van der Waals surface area contributed by atoms with Crippen LogP contribution in [0, 0.1) is 0 Å². The molecule has 2 aromatic rings. The molecule has 0 atom stereocenters. The maximum absolute atomic E-state index is 13.2. The van der Waals surface area contributed by atoms with Gasteiger partial charge in [-0.15, -0.1) is 0 Å². The van der Waals surface area contributed by atoms with Crippen LogP contribution in [0.1, 0.15) is 28.4 Å². The lowest BCUT2D eigenvalue weighted by molar-refractivity contribution is 0.0696. The van der Waals surface area contributed by atoms with Crippen LogP contribution in [0.25, 0.3) is 0 Å². The van der Waals surface area contributed by atoms with Crippen LogP contribution in [0.2, 0.25) is 0 Å². The largest absolute Gasteiger partial charge is 0.497 e. The van der Waals surface area contributed by atoms with Gasteiger partial charge in [0.15, 0.2) is 0 Å². The van der Waals surface area contributed by atoms with Gasteiger partial charge in [-0.25, -0.2) is 18.2 Å². The Morgan fingerprint density at radius 3 is 2.45 bits per heavy atom. The number of carbonyl (C=O) groups is 1. The lowest BCUT2D eigenvalue weighted by Crippen LogP contribution is -2.55. The third-order valence-electron chi connectivity index (χ3n) is 5.43. The zero-order valence-corrected chi connectivity index (χ0v) is 18.9. The Bertz CT molecular complexity index is 1030. The zero-order valence-electron chi connectivity index (χ0n) is 18.1. The molecule has 0 aliphatic carbocycles. The van der Waals surface area contributed by atoms with E-state index >= 15 is 0 Å². The number of methoxy groups -OCH3 is 1. The molecule has 1 heterocycles. The number of hydrogen-bond donors (Lipinski definition) is 1. The first-order valence-corrected chi connectivity index (χ1v) is 11.8. The van der Waals surface area contributed by atoms with Crippen LogP contribution in [-0.2, 0) is 16.4 Å². The molecule has 0 amide bonds. The fourth-order valence-corrected chi connectivity index (χ4v) is 4.84. The Hall–Kier alpha value is -2.62. The van der Waals surface area contributed by atoms with Crippen LogP contribution < -0.4 is 9.15 Å². The van der Waals surface area contributed by atoms with Crippen LogP contribution in [0.3, 0.4) is 0 Å². The monoisotopic (exact) mass is 447 g/mol. The van der Waals surface area contributed by atoms with E-state index in [2.05, 4.69) is 4.90 Å². The van der Waals surface area contributed by atoms with E-state index in [9.17, 15) is 18.3 Å².